The van der Waals surface area contributed by atoms with Crippen LogP contribution in [0, 0.1) is 6.92 Å². The van der Waals surface area contributed by atoms with E-state index >= 15 is 0 Å². The second-order valence-corrected chi connectivity index (χ2v) is 4.36. The van der Waals surface area contributed by atoms with Crippen LogP contribution >= 0.6 is 11.6 Å². The summed E-state index contributed by atoms with van der Waals surface area (Å²) in [7, 11) is 1.72. The molecule has 0 spiro atoms. The van der Waals surface area contributed by atoms with Gasteiger partial charge >= 0.3 is 0 Å². The van der Waals surface area contributed by atoms with Crippen LogP contribution in [0.2, 0.25) is 5.02 Å². The Bertz CT molecular complexity index is 615. The average Bonchev–Trinajstić information content (AvgIpc) is 2.39. The first-order valence-corrected chi connectivity index (χ1v) is 6.06. The first-order chi connectivity index (χ1) is 9.10. The number of rotatable bonds is 3. The monoisotopic (exact) mass is 276 g/mol. The van der Waals surface area contributed by atoms with Crippen molar-refractivity contribution in [2.75, 3.05) is 17.7 Å². The van der Waals surface area contributed by atoms with Gasteiger partial charge in [-0.25, -0.2) is 9.97 Å². The van der Waals surface area contributed by atoms with Crippen LogP contribution in [-0.4, -0.2) is 22.9 Å². The van der Waals surface area contributed by atoms with Crippen LogP contribution in [0.1, 0.15) is 16.1 Å². The molecule has 6 heteroatoms. The largest absolute Gasteiger partial charge is 0.373 e. The topological polar surface area (TPSA) is 66.9 Å². The third kappa shape index (κ3) is 3.20. The molecule has 98 valence electrons. The maximum Gasteiger partial charge on any atom is 0.277 e. The quantitative estimate of drug-likeness (QED) is 0.905. The predicted molar refractivity (Wildman–Crippen MR) is 75.7 cm³/mol. The lowest BCUT2D eigenvalue weighted by Crippen LogP contribution is -2.16. The van der Waals surface area contributed by atoms with E-state index in [0.29, 0.717) is 16.7 Å². The molecule has 0 aromatic carbocycles. The number of hydrogen-bond donors (Lipinski definition) is 2. The Morgan fingerprint density at radius 2 is 2.05 bits per heavy atom. The molecule has 0 saturated heterocycles. The Kier molecular flexibility index (Phi) is 3.97. The normalized spacial score (nSPS) is 10.1. The lowest BCUT2D eigenvalue weighted by molar-refractivity contribution is 0.102. The number of amides is 1. The Balaban J connectivity index is 2.25. The lowest BCUT2D eigenvalue weighted by atomic mass is 10.3. The minimum Gasteiger partial charge on any atom is -0.373 e. The van der Waals surface area contributed by atoms with Crippen LogP contribution in [0.25, 0.3) is 0 Å². The summed E-state index contributed by atoms with van der Waals surface area (Å²) in [6, 6.07) is 6.94. The second-order valence-electron chi connectivity index (χ2n) is 3.95. The fourth-order valence-corrected chi connectivity index (χ4v) is 1.71. The molecule has 2 aromatic rings. The van der Waals surface area contributed by atoms with Gasteiger partial charge in [0.2, 0.25) is 0 Å². The van der Waals surface area contributed by atoms with Crippen molar-refractivity contribution in [3.63, 3.8) is 0 Å². The van der Waals surface area contributed by atoms with Crippen LogP contribution in [0.5, 0.6) is 0 Å². The van der Waals surface area contributed by atoms with E-state index in [0.717, 1.165) is 5.56 Å². The molecule has 0 radical (unpaired) electrons. The number of aromatic nitrogens is 2. The summed E-state index contributed by atoms with van der Waals surface area (Å²) < 4.78 is 0. The Morgan fingerprint density at radius 1 is 1.26 bits per heavy atom. The molecule has 0 aliphatic carbocycles. The highest BCUT2D eigenvalue weighted by molar-refractivity contribution is 6.34. The number of anilines is 2. The van der Waals surface area contributed by atoms with Gasteiger partial charge in [0.05, 0.1) is 5.02 Å². The van der Waals surface area contributed by atoms with Gasteiger partial charge in [-0.2, -0.15) is 0 Å². The molecule has 2 rings (SSSR count). The van der Waals surface area contributed by atoms with E-state index in [2.05, 4.69) is 20.6 Å². The van der Waals surface area contributed by atoms with Crippen molar-refractivity contribution in [2.24, 2.45) is 0 Å². The summed E-state index contributed by atoms with van der Waals surface area (Å²) in [5.74, 6) is 0.657. The molecular weight excluding hydrogens is 264 g/mol. The van der Waals surface area contributed by atoms with Gasteiger partial charge in [-0.05, 0) is 36.8 Å². The summed E-state index contributed by atoms with van der Waals surface area (Å²) in [6.45, 7) is 1.92. The Hall–Kier alpha value is -2.14. The molecule has 2 heterocycles. The smallest absolute Gasteiger partial charge is 0.277 e. The van der Waals surface area contributed by atoms with Gasteiger partial charge in [0.1, 0.15) is 17.3 Å². The van der Waals surface area contributed by atoms with Crippen molar-refractivity contribution in [1.82, 2.24) is 9.97 Å². The summed E-state index contributed by atoms with van der Waals surface area (Å²) in [5.41, 5.74) is 1.17. The molecule has 19 heavy (non-hydrogen) atoms. The fraction of sp³-hybridized carbons (Fsp3) is 0.154. The van der Waals surface area contributed by atoms with E-state index in [1.165, 1.54) is 0 Å². The molecule has 0 atom stereocenters. The van der Waals surface area contributed by atoms with Gasteiger partial charge in [-0.3, -0.25) is 4.79 Å². The minimum atomic E-state index is -0.389. The number of halogens is 1. The molecule has 2 N–H and O–H groups in total. The molecule has 0 saturated carbocycles. The molecule has 0 unspecified atom stereocenters. The predicted octanol–water partition coefficient (Wildman–Crippen LogP) is 2.73. The summed E-state index contributed by atoms with van der Waals surface area (Å²) in [5, 5.41) is 5.82. The number of nitrogens with zero attached hydrogens (tertiary/aromatic N) is 2. The fourth-order valence-electron chi connectivity index (χ4n) is 1.52. The number of hydrogen-bond acceptors (Lipinski definition) is 4. The van der Waals surface area contributed by atoms with Crippen molar-refractivity contribution < 1.29 is 4.79 Å². The lowest BCUT2D eigenvalue weighted by Gasteiger charge is -2.07. The van der Waals surface area contributed by atoms with E-state index in [1.54, 1.807) is 31.4 Å². The van der Waals surface area contributed by atoms with Crippen LogP contribution in [0.15, 0.2) is 30.5 Å². The van der Waals surface area contributed by atoms with E-state index in [1.807, 2.05) is 13.0 Å². The number of pyridine rings is 2. The maximum atomic E-state index is 12.1. The van der Waals surface area contributed by atoms with Crippen molar-refractivity contribution in [2.45, 2.75) is 6.92 Å². The van der Waals surface area contributed by atoms with Gasteiger partial charge in [0.25, 0.3) is 5.91 Å². The molecular formula is C13H13ClN4O. The van der Waals surface area contributed by atoms with Crippen molar-refractivity contribution in [1.29, 1.82) is 0 Å². The van der Waals surface area contributed by atoms with Crippen molar-refractivity contribution in [3.05, 3.63) is 46.7 Å². The highest BCUT2D eigenvalue weighted by atomic mass is 35.5. The van der Waals surface area contributed by atoms with E-state index in [-0.39, 0.29) is 11.6 Å². The van der Waals surface area contributed by atoms with Crippen molar-refractivity contribution >= 4 is 29.1 Å². The minimum absolute atomic E-state index is 0.164. The first kappa shape index (κ1) is 13.3. The summed E-state index contributed by atoms with van der Waals surface area (Å²) in [4.78, 5) is 20.3. The van der Waals surface area contributed by atoms with Crippen LogP contribution in [-0.2, 0) is 0 Å². The highest BCUT2D eigenvalue weighted by Crippen LogP contribution is 2.18. The third-order valence-electron chi connectivity index (χ3n) is 2.47. The zero-order valence-electron chi connectivity index (χ0n) is 10.6. The van der Waals surface area contributed by atoms with Crippen LogP contribution in [0.3, 0.4) is 0 Å². The third-order valence-corrected chi connectivity index (χ3v) is 2.78. The van der Waals surface area contributed by atoms with Crippen molar-refractivity contribution in [3.8, 4) is 0 Å². The zero-order valence-corrected chi connectivity index (χ0v) is 11.3. The first-order valence-electron chi connectivity index (χ1n) is 5.68. The molecule has 1 amide bonds. The van der Waals surface area contributed by atoms with Gasteiger partial charge in [-0.15, -0.1) is 0 Å². The molecule has 5 nitrogen and oxygen atoms in total. The molecule has 2 aromatic heterocycles. The van der Waals surface area contributed by atoms with Gasteiger partial charge in [-0.1, -0.05) is 11.6 Å². The van der Waals surface area contributed by atoms with E-state index in [4.69, 9.17) is 11.6 Å². The summed E-state index contributed by atoms with van der Waals surface area (Å²) >= 11 is 5.97. The average molecular weight is 277 g/mol. The standard InChI is InChI=1S/C13H13ClN4O/c1-8-5-6-16-11(7-8)18-13(19)12-9(14)3-4-10(15-2)17-12/h3-7H,1-2H3,(H,15,17)(H,16,18,19). The zero-order chi connectivity index (χ0) is 13.8. The maximum absolute atomic E-state index is 12.1. The highest BCUT2D eigenvalue weighted by Gasteiger charge is 2.13. The van der Waals surface area contributed by atoms with Gasteiger partial charge in [0, 0.05) is 13.2 Å². The Morgan fingerprint density at radius 3 is 2.74 bits per heavy atom. The van der Waals surface area contributed by atoms with E-state index < -0.39 is 0 Å². The Labute approximate surface area is 116 Å². The number of carbonyl (C=O) groups is 1. The van der Waals surface area contributed by atoms with E-state index in [9.17, 15) is 4.79 Å². The molecule has 0 aliphatic heterocycles. The van der Waals surface area contributed by atoms with Gasteiger partial charge < -0.3 is 10.6 Å². The number of aryl methyl sites for hydroxylation is 1. The number of nitrogens with one attached hydrogen (secondary N) is 2. The molecule has 0 aliphatic rings. The van der Waals surface area contributed by atoms with Crippen LogP contribution in [0.4, 0.5) is 11.6 Å². The molecule has 0 fully saturated rings. The second kappa shape index (κ2) is 5.67. The summed E-state index contributed by atoms with van der Waals surface area (Å²) in [6.07, 6.45) is 1.63. The molecule has 0 bridgehead atoms. The number of carbonyl (C=O) groups excluding carboxylic acids is 1. The van der Waals surface area contributed by atoms with Crippen LogP contribution < -0.4 is 10.6 Å². The van der Waals surface area contributed by atoms with Gasteiger partial charge in [0.15, 0.2) is 0 Å². The SMILES string of the molecule is CNc1ccc(Cl)c(C(=O)Nc2cc(C)ccn2)n1.